The van der Waals surface area contributed by atoms with Gasteiger partial charge in [-0.1, -0.05) is 22.9 Å². The van der Waals surface area contributed by atoms with Crippen LogP contribution >= 0.6 is 15.9 Å². The highest BCUT2D eigenvalue weighted by Crippen LogP contribution is 2.13. The first kappa shape index (κ1) is 14.0. The fraction of sp³-hybridized carbons (Fsp3) is 0.462. The molecule has 1 unspecified atom stereocenters. The average Bonchev–Trinajstić information content (AvgIpc) is 2.26. The molecule has 0 bridgehead atoms. The predicted molar refractivity (Wildman–Crippen MR) is 72.9 cm³/mol. The second kappa shape index (κ2) is 6.64. The van der Waals surface area contributed by atoms with Crippen LogP contribution in [0.25, 0.3) is 0 Å². The Balaban J connectivity index is 2.57. The lowest BCUT2D eigenvalue weighted by molar-refractivity contribution is 0.0954. The van der Waals surface area contributed by atoms with Crippen LogP contribution in [-0.4, -0.2) is 23.4 Å². The monoisotopic (exact) mass is 299 g/mol. The summed E-state index contributed by atoms with van der Waals surface area (Å²) in [4.78, 5) is 12.0. The molecule has 94 valence electrons. The summed E-state index contributed by atoms with van der Waals surface area (Å²) >= 11 is 3.38. The van der Waals surface area contributed by atoms with Crippen molar-refractivity contribution >= 4 is 21.8 Å². The highest BCUT2D eigenvalue weighted by atomic mass is 79.9. The third-order valence-electron chi connectivity index (χ3n) is 2.03. The molecule has 1 amide bonds. The number of hydrogen-bond acceptors (Lipinski definition) is 2. The molecule has 0 aliphatic heterocycles. The number of nitrogens with one attached hydrogen (secondary N) is 1. The number of hydrogen-bond donors (Lipinski definition) is 1. The maximum atomic E-state index is 11.7. The minimum Gasteiger partial charge on any atom is -0.491 e. The fourth-order valence-electron chi connectivity index (χ4n) is 1.29. The van der Waals surface area contributed by atoms with Crippen LogP contribution in [0.5, 0.6) is 5.75 Å². The highest BCUT2D eigenvalue weighted by Gasteiger charge is 2.06. The number of rotatable bonds is 5. The molecule has 0 saturated carbocycles. The zero-order valence-corrected chi connectivity index (χ0v) is 12.0. The summed E-state index contributed by atoms with van der Waals surface area (Å²) in [5.41, 5.74) is 0.647. The average molecular weight is 300 g/mol. The van der Waals surface area contributed by atoms with Gasteiger partial charge in [0.15, 0.2) is 0 Å². The smallest absolute Gasteiger partial charge is 0.251 e. The third kappa shape index (κ3) is 5.22. The van der Waals surface area contributed by atoms with Gasteiger partial charge in [0.2, 0.25) is 0 Å². The van der Waals surface area contributed by atoms with Crippen LogP contribution in [0.3, 0.4) is 0 Å². The summed E-state index contributed by atoms with van der Waals surface area (Å²) in [6, 6.07) is 7.16. The number of benzene rings is 1. The predicted octanol–water partition coefficient (Wildman–Crippen LogP) is 2.99. The van der Waals surface area contributed by atoms with Crippen LogP contribution in [0, 0.1) is 0 Å². The Morgan fingerprint density at radius 3 is 2.35 bits per heavy atom. The van der Waals surface area contributed by atoms with Crippen molar-refractivity contribution in [2.45, 2.75) is 31.7 Å². The van der Waals surface area contributed by atoms with E-state index in [0.717, 1.165) is 5.75 Å². The first-order valence-electron chi connectivity index (χ1n) is 5.68. The summed E-state index contributed by atoms with van der Waals surface area (Å²) in [7, 11) is 0. The van der Waals surface area contributed by atoms with Crippen LogP contribution in [0.2, 0.25) is 0 Å². The van der Waals surface area contributed by atoms with E-state index in [1.54, 1.807) is 12.1 Å². The molecule has 0 heterocycles. The summed E-state index contributed by atoms with van der Waals surface area (Å²) in [6.45, 7) is 6.54. The van der Waals surface area contributed by atoms with Gasteiger partial charge in [-0.3, -0.25) is 4.79 Å². The summed E-state index contributed by atoms with van der Waals surface area (Å²) < 4.78 is 5.51. The molecular weight excluding hydrogens is 282 g/mol. The number of amides is 1. The molecule has 1 aromatic rings. The Labute approximate surface area is 111 Å². The summed E-state index contributed by atoms with van der Waals surface area (Å²) in [6.07, 6.45) is 0.143. The van der Waals surface area contributed by atoms with Gasteiger partial charge in [0.05, 0.1) is 6.10 Å². The molecule has 0 radical (unpaired) electrons. The topological polar surface area (TPSA) is 38.3 Å². The lowest BCUT2D eigenvalue weighted by Gasteiger charge is -2.10. The van der Waals surface area contributed by atoms with Crippen molar-refractivity contribution in [3.63, 3.8) is 0 Å². The summed E-state index contributed by atoms with van der Waals surface area (Å²) in [5.74, 6) is 0.720. The number of carbonyl (C=O) groups excluding carboxylic acids is 1. The Hall–Kier alpha value is -1.03. The lowest BCUT2D eigenvalue weighted by Crippen LogP contribution is -2.28. The largest absolute Gasteiger partial charge is 0.491 e. The number of ether oxygens (including phenoxy) is 1. The van der Waals surface area contributed by atoms with Gasteiger partial charge in [0, 0.05) is 16.9 Å². The van der Waals surface area contributed by atoms with Gasteiger partial charge in [-0.05, 0) is 38.1 Å². The Morgan fingerprint density at radius 2 is 1.88 bits per heavy atom. The zero-order chi connectivity index (χ0) is 12.8. The number of halogens is 1. The molecule has 1 rings (SSSR count). The second-order valence-electron chi connectivity index (χ2n) is 4.18. The van der Waals surface area contributed by atoms with E-state index >= 15 is 0 Å². The molecule has 4 heteroatoms. The summed E-state index contributed by atoms with van der Waals surface area (Å²) in [5, 5.41) is 2.83. The van der Waals surface area contributed by atoms with E-state index in [1.165, 1.54) is 0 Å². The molecule has 0 saturated heterocycles. The second-order valence-corrected chi connectivity index (χ2v) is 5.74. The van der Waals surface area contributed by atoms with Crippen LogP contribution in [0.1, 0.15) is 31.1 Å². The van der Waals surface area contributed by atoms with E-state index < -0.39 is 0 Å². The molecule has 0 spiro atoms. The van der Waals surface area contributed by atoms with Crippen LogP contribution in [-0.2, 0) is 0 Å². The standard InChI is InChI=1S/C13H18BrNO2/c1-9(2)17-12-6-4-11(5-7-12)13(16)15-8-10(3)14/h4-7,9-10H,8H2,1-3H3,(H,15,16). The van der Waals surface area contributed by atoms with Crippen LogP contribution < -0.4 is 10.1 Å². The lowest BCUT2D eigenvalue weighted by atomic mass is 10.2. The number of carbonyl (C=O) groups is 1. The molecule has 1 N–H and O–H groups in total. The number of alkyl halides is 1. The van der Waals surface area contributed by atoms with E-state index in [-0.39, 0.29) is 16.8 Å². The SMILES string of the molecule is CC(Br)CNC(=O)c1ccc(OC(C)C)cc1. The maximum absolute atomic E-state index is 11.7. The van der Waals surface area contributed by atoms with Crippen LogP contribution in [0.4, 0.5) is 0 Å². The van der Waals surface area contributed by atoms with Crippen molar-refractivity contribution in [2.75, 3.05) is 6.54 Å². The molecule has 17 heavy (non-hydrogen) atoms. The van der Waals surface area contributed by atoms with Gasteiger partial charge in [-0.15, -0.1) is 0 Å². The van der Waals surface area contributed by atoms with E-state index in [1.807, 2.05) is 32.9 Å². The Morgan fingerprint density at radius 1 is 1.29 bits per heavy atom. The molecule has 0 fully saturated rings. The Bertz CT molecular complexity index is 360. The zero-order valence-electron chi connectivity index (χ0n) is 10.4. The van der Waals surface area contributed by atoms with Gasteiger partial charge in [0.25, 0.3) is 5.91 Å². The fourth-order valence-corrected chi connectivity index (χ4v) is 1.45. The quantitative estimate of drug-likeness (QED) is 0.849. The van der Waals surface area contributed by atoms with Gasteiger partial charge < -0.3 is 10.1 Å². The molecule has 0 aromatic heterocycles. The van der Waals surface area contributed by atoms with Crippen molar-refractivity contribution in [1.82, 2.24) is 5.32 Å². The van der Waals surface area contributed by atoms with Crippen molar-refractivity contribution in [1.29, 1.82) is 0 Å². The van der Waals surface area contributed by atoms with Crippen molar-refractivity contribution in [3.8, 4) is 5.75 Å². The molecular formula is C13H18BrNO2. The first-order chi connectivity index (χ1) is 7.99. The molecule has 1 atom stereocenters. The third-order valence-corrected chi connectivity index (χ3v) is 2.36. The van der Waals surface area contributed by atoms with Gasteiger partial charge >= 0.3 is 0 Å². The van der Waals surface area contributed by atoms with E-state index in [2.05, 4.69) is 21.2 Å². The molecule has 1 aromatic carbocycles. The molecule has 3 nitrogen and oxygen atoms in total. The molecule has 0 aliphatic rings. The van der Waals surface area contributed by atoms with Gasteiger partial charge in [-0.25, -0.2) is 0 Å². The first-order valence-corrected chi connectivity index (χ1v) is 6.59. The maximum Gasteiger partial charge on any atom is 0.251 e. The van der Waals surface area contributed by atoms with E-state index in [9.17, 15) is 4.79 Å². The van der Waals surface area contributed by atoms with Crippen molar-refractivity contribution in [2.24, 2.45) is 0 Å². The van der Waals surface area contributed by atoms with Crippen molar-refractivity contribution < 1.29 is 9.53 Å². The van der Waals surface area contributed by atoms with Gasteiger partial charge in [0.1, 0.15) is 5.75 Å². The van der Waals surface area contributed by atoms with Crippen molar-refractivity contribution in [3.05, 3.63) is 29.8 Å². The van der Waals surface area contributed by atoms with E-state index in [4.69, 9.17) is 4.74 Å². The minimum atomic E-state index is -0.0626. The highest BCUT2D eigenvalue weighted by molar-refractivity contribution is 9.09. The Kier molecular flexibility index (Phi) is 5.48. The molecule has 0 aliphatic carbocycles. The van der Waals surface area contributed by atoms with Crippen LogP contribution in [0.15, 0.2) is 24.3 Å². The normalized spacial score (nSPS) is 12.3. The van der Waals surface area contributed by atoms with E-state index in [0.29, 0.717) is 12.1 Å². The van der Waals surface area contributed by atoms with Gasteiger partial charge in [-0.2, -0.15) is 0 Å². The minimum absolute atomic E-state index is 0.0626.